The molecule has 16 heavy (non-hydrogen) atoms. The van der Waals surface area contributed by atoms with Gasteiger partial charge in [0.15, 0.2) is 0 Å². The molecule has 0 amide bonds. The van der Waals surface area contributed by atoms with Crippen LogP contribution in [0.1, 0.15) is 11.3 Å². The molecule has 0 aliphatic rings. The van der Waals surface area contributed by atoms with Crippen LogP contribution in [0.25, 0.3) is 6.08 Å². The number of hydrogen-bond acceptors (Lipinski definition) is 1. The van der Waals surface area contributed by atoms with Crippen LogP contribution in [0, 0.1) is 0 Å². The molecule has 0 radical (unpaired) electrons. The molecule has 0 saturated carbocycles. The van der Waals surface area contributed by atoms with Crippen LogP contribution in [-0.2, 0) is 13.2 Å². The largest absolute Gasteiger partial charge is 0.390 e. The van der Waals surface area contributed by atoms with Gasteiger partial charge in [0.25, 0.3) is 0 Å². The number of rotatable bonds is 4. The molecule has 2 nitrogen and oxygen atoms in total. The van der Waals surface area contributed by atoms with Crippen LogP contribution in [-0.4, -0.2) is 9.67 Å². The Hall–Kier alpha value is -1.80. The summed E-state index contributed by atoms with van der Waals surface area (Å²) in [5.41, 5.74) is 2.14. The van der Waals surface area contributed by atoms with E-state index in [9.17, 15) is 0 Å². The van der Waals surface area contributed by atoms with Crippen molar-refractivity contribution in [3.05, 3.63) is 66.0 Å². The second kappa shape index (κ2) is 5.33. The molecule has 0 saturated heterocycles. The summed E-state index contributed by atoms with van der Waals surface area (Å²) >= 11 is 0. The molecule has 82 valence electrons. The fraction of sp³-hybridized carbons (Fsp3) is 0.143. The molecule has 0 aliphatic carbocycles. The predicted molar refractivity (Wildman–Crippen MR) is 65.8 cm³/mol. The van der Waals surface area contributed by atoms with Gasteiger partial charge in [0, 0.05) is 18.4 Å². The molecule has 1 N–H and O–H groups in total. The Morgan fingerprint density at radius 1 is 1.06 bits per heavy atom. The van der Waals surface area contributed by atoms with Crippen molar-refractivity contribution in [1.29, 1.82) is 0 Å². The fourth-order valence-corrected chi connectivity index (χ4v) is 1.64. The van der Waals surface area contributed by atoms with Gasteiger partial charge in [-0.25, -0.2) is 0 Å². The molecular formula is C14H15NO. The molecule has 0 atom stereocenters. The van der Waals surface area contributed by atoms with E-state index >= 15 is 0 Å². The van der Waals surface area contributed by atoms with Gasteiger partial charge in [-0.3, -0.25) is 0 Å². The van der Waals surface area contributed by atoms with Crippen LogP contribution in [0.3, 0.4) is 0 Å². The van der Waals surface area contributed by atoms with E-state index in [-0.39, 0.29) is 6.61 Å². The number of aromatic nitrogens is 1. The molecule has 0 bridgehead atoms. The van der Waals surface area contributed by atoms with Crippen LogP contribution < -0.4 is 0 Å². The zero-order valence-electron chi connectivity index (χ0n) is 9.08. The van der Waals surface area contributed by atoms with E-state index in [1.165, 1.54) is 5.56 Å². The topological polar surface area (TPSA) is 25.2 Å². The van der Waals surface area contributed by atoms with E-state index in [2.05, 4.69) is 24.3 Å². The summed E-state index contributed by atoms with van der Waals surface area (Å²) < 4.78 is 2.03. The lowest BCUT2D eigenvalue weighted by atomic mass is 10.2. The van der Waals surface area contributed by atoms with Gasteiger partial charge in [-0.2, -0.15) is 0 Å². The van der Waals surface area contributed by atoms with Crippen LogP contribution in [0.2, 0.25) is 0 Å². The van der Waals surface area contributed by atoms with Gasteiger partial charge < -0.3 is 9.67 Å². The number of benzene rings is 1. The van der Waals surface area contributed by atoms with Crippen molar-refractivity contribution in [2.45, 2.75) is 13.2 Å². The van der Waals surface area contributed by atoms with Crippen molar-refractivity contribution in [3.63, 3.8) is 0 Å². The van der Waals surface area contributed by atoms with Crippen molar-refractivity contribution in [3.8, 4) is 0 Å². The zero-order chi connectivity index (χ0) is 11.2. The van der Waals surface area contributed by atoms with Gasteiger partial charge in [-0.05, 0) is 17.7 Å². The Morgan fingerprint density at radius 2 is 1.88 bits per heavy atom. The molecule has 1 heterocycles. The molecule has 0 aliphatic heterocycles. The van der Waals surface area contributed by atoms with Crippen LogP contribution in [0.5, 0.6) is 0 Å². The van der Waals surface area contributed by atoms with Crippen molar-refractivity contribution in [1.82, 2.24) is 4.57 Å². The average molecular weight is 213 g/mol. The smallest absolute Gasteiger partial charge is 0.0832 e. The van der Waals surface area contributed by atoms with Gasteiger partial charge in [0.2, 0.25) is 0 Å². The van der Waals surface area contributed by atoms with Gasteiger partial charge >= 0.3 is 0 Å². The first-order valence-electron chi connectivity index (χ1n) is 5.36. The lowest BCUT2D eigenvalue weighted by molar-refractivity contribution is 0.272. The standard InChI is InChI=1S/C14H15NO/c16-12-14-9-5-11-15(14)10-4-8-13-6-2-1-3-7-13/h1-9,11,16H,10,12H2. The summed E-state index contributed by atoms with van der Waals surface area (Å²) in [6, 6.07) is 14.1. The SMILES string of the molecule is OCc1cccn1CC=Cc1ccccc1. The maximum Gasteiger partial charge on any atom is 0.0832 e. The molecule has 2 heteroatoms. The molecule has 0 fully saturated rings. The summed E-state index contributed by atoms with van der Waals surface area (Å²) in [5.74, 6) is 0. The van der Waals surface area contributed by atoms with Crippen LogP contribution in [0.15, 0.2) is 54.7 Å². The number of nitrogens with zero attached hydrogens (tertiary/aromatic N) is 1. The number of hydrogen-bond donors (Lipinski definition) is 1. The molecule has 1 aromatic heterocycles. The highest BCUT2D eigenvalue weighted by Gasteiger charge is 1.95. The third-order valence-electron chi connectivity index (χ3n) is 2.50. The fourth-order valence-electron chi connectivity index (χ4n) is 1.64. The van der Waals surface area contributed by atoms with Crippen molar-refractivity contribution >= 4 is 6.08 Å². The minimum atomic E-state index is 0.0895. The highest BCUT2D eigenvalue weighted by molar-refractivity contribution is 5.48. The van der Waals surface area contributed by atoms with Crippen molar-refractivity contribution in [2.24, 2.45) is 0 Å². The first-order valence-corrected chi connectivity index (χ1v) is 5.36. The predicted octanol–water partition coefficient (Wildman–Crippen LogP) is 2.69. The maximum atomic E-state index is 9.08. The number of aliphatic hydroxyl groups is 1. The summed E-state index contributed by atoms with van der Waals surface area (Å²) in [4.78, 5) is 0. The van der Waals surface area contributed by atoms with E-state index < -0.39 is 0 Å². The second-order valence-corrected chi connectivity index (χ2v) is 3.62. The quantitative estimate of drug-likeness (QED) is 0.830. The van der Waals surface area contributed by atoms with E-state index in [4.69, 9.17) is 5.11 Å². The third kappa shape index (κ3) is 2.61. The summed E-state index contributed by atoms with van der Waals surface area (Å²) in [7, 11) is 0. The summed E-state index contributed by atoms with van der Waals surface area (Å²) in [6.07, 6.45) is 6.15. The first kappa shape index (κ1) is 10.7. The summed E-state index contributed by atoms with van der Waals surface area (Å²) in [6.45, 7) is 0.879. The molecule has 2 aromatic rings. The van der Waals surface area contributed by atoms with Gasteiger partial charge in [0.05, 0.1) is 6.61 Å². The molecule has 0 spiro atoms. The van der Waals surface area contributed by atoms with Crippen molar-refractivity contribution < 1.29 is 5.11 Å². The van der Waals surface area contributed by atoms with E-state index in [0.29, 0.717) is 0 Å². The minimum absolute atomic E-state index is 0.0895. The maximum absolute atomic E-state index is 9.08. The monoisotopic (exact) mass is 213 g/mol. The average Bonchev–Trinajstić information content (AvgIpc) is 2.78. The molecule has 0 unspecified atom stereocenters. The lowest BCUT2D eigenvalue weighted by Crippen LogP contribution is -1.99. The lowest BCUT2D eigenvalue weighted by Gasteiger charge is -2.02. The van der Waals surface area contributed by atoms with Gasteiger partial charge in [-0.15, -0.1) is 0 Å². The Kier molecular flexibility index (Phi) is 3.57. The number of allylic oxidation sites excluding steroid dienone is 1. The highest BCUT2D eigenvalue weighted by Crippen LogP contribution is 2.04. The minimum Gasteiger partial charge on any atom is -0.390 e. The van der Waals surface area contributed by atoms with Crippen LogP contribution in [0.4, 0.5) is 0 Å². The van der Waals surface area contributed by atoms with Gasteiger partial charge in [-0.1, -0.05) is 42.5 Å². The number of aliphatic hydroxyl groups excluding tert-OH is 1. The highest BCUT2D eigenvalue weighted by atomic mass is 16.3. The normalized spacial score (nSPS) is 11.1. The van der Waals surface area contributed by atoms with Crippen molar-refractivity contribution in [2.75, 3.05) is 0 Å². The zero-order valence-corrected chi connectivity index (χ0v) is 9.08. The Labute approximate surface area is 95.5 Å². The Bertz CT molecular complexity index is 457. The Morgan fingerprint density at radius 3 is 2.62 bits per heavy atom. The first-order chi connectivity index (χ1) is 7.90. The summed E-state index contributed by atoms with van der Waals surface area (Å²) in [5, 5.41) is 9.08. The second-order valence-electron chi connectivity index (χ2n) is 3.62. The van der Waals surface area contributed by atoms with E-state index in [1.54, 1.807) is 0 Å². The van der Waals surface area contributed by atoms with Gasteiger partial charge in [0.1, 0.15) is 0 Å². The van der Waals surface area contributed by atoms with E-state index in [1.807, 2.05) is 41.1 Å². The molecule has 2 rings (SSSR count). The third-order valence-corrected chi connectivity index (χ3v) is 2.50. The van der Waals surface area contributed by atoms with Crippen LogP contribution >= 0.6 is 0 Å². The van der Waals surface area contributed by atoms with E-state index in [0.717, 1.165) is 12.2 Å². The Balaban J connectivity index is 2.00. The molecular weight excluding hydrogens is 198 g/mol. The molecule has 1 aromatic carbocycles.